The Morgan fingerprint density at radius 1 is 0.878 bits per heavy atom. The first kappa shape index (κ1) is 38.5. The van der Waals surface area contributed by atoms with E-state index in [1.807, 2.05) is 13.8 Å². The maximum atomic E-state index is 13.8. The van der Waals surface area contributed by atoms with Crippen LogP contribution in [0.25, 0.3) is 16.5 Å². The number of halogens is 3. The third kappa shape index (κ3) is 9.10. The van der Waals surface area contributed by atoms with E-state index >= 15 is 0 Å². The molecular weight excluding hydrogens is 698 g/mol. The SMILES string of the molecule is COC(=O)/C(=C(/C)N[C@H](C)C1CCC(O)CC1)c1ccc(F)cc1Br.COC(=O)c1c(C)n([C@H](C)C2CCC(O)CC2)c2cc(F)ccc12. The Morgan fingerprint density at radius 3 is 1.98 bits per heavy atom. The molecule has 0 aliphatic heterocycles. The van der Waals surface area contributed by atoms with Crippen molar-refractivity contribution in [2.24, 2.45) is 11.8 Å². The molecule has 49 heavy (non-hydrogen) atoms. The fourth-order valence-corrected chi connectivity index (χ4v) is 8.03. The number of fused-ring (bicyclic) bond motifs is 1. The molecule has 0 amide bonds. The minimum atomic E-state index is -0.469. The van der Waals surface area contributed by atoms with Crippen LogP contribution in [-0.4, -0.2) is 59.2 Å². The van der Waals surface area contributed by atoms with E-state index in [1.54, 1.807) is 12.1 Å². The molecule has 0 unspecified atom stereocenters. The summed E-state index contributed by atoms with van der Waals surface area (Å²) in [4.78, 5) is 24.6. The number of carbonyl (C=O) groups is 2. The van der Waals surface area contributed by atoms with Crippen molar-refractivity contribution >= 4 is 44.3 Å². The molecule has 268 valence electrons. The van der Waals surface area contributed by atoms with Crippen molar-refractivity contribution in [1.82, 2.24) is 9.88 Å². The van der Waals surface area contributed by atoms with Crippen molar-refractivity contribution < 1.29 is 38.1 Å². The summed E-state index contributed by atoms with van der Waals surface area (Å²) in [7, 11) is 2.69. The number of ether oxygens (including phenoxy) is 2. The van der Waals surface area contributed by atoms with E-state index in [9.17, 15) is 28.6 Å². The molecule has 2 aromatic carbocycles. The number of carbonyl (C=O) groups excluding carboxylic acids is 2. The number of rotatable bonds is 8. The fraction of sp³-hybridized carbons (Fsp3) is 0.526. The van der Waals surface area contributed by atoms with Crippen LogP contribution < -0.4 is 5.32 Å². The molecule has 3 N–H and O–H groups in total. The number of hydrogen-bond acceptors (Lipinski definition) is 7. The monoisotopic (exact) mass is 746 g/mol. The summed E-state index contributed by atoms with van der Waals surface area (Å²) < 4.78 is 39.6. The molecular formula is C38H49BrF2N2O6. The first-order valence-corrected chi connectivity index (χ1v) is 17.8. The standard InChI is InChI=1S/C19H25BrFNO3.C19H24FNO3/c1-11(13-4-7-15(23)8-5-13)22-12(2)18(19(24)25-3)16-9-6-14(21)10-17(16)20;1-11(13-4-7-15(22)8-5-13)21-12(2)18(19(23)24-3)16-9-6-14(20)10-17(16)21/h6,9-11,13,15,22-23H,4-5,7-8H2,1-3H3;6,9-11,13,15,22H,4-5,7-8H2,1-3H3/b18-12-;/t2*11-,13?,15?/m11/s1. The number of aliphatic hydroxyl groups is 2. The average molecular weight is 748 g/mol. The Kier molecular flexibility index (Phi) is 13.4. The molecule has 1 aromatic heterocycles. The van der Waals surface area contributed by atoms with Crippen LogP contribution in [0.15, 0.2) is 46.6 Å². The van der Waals surface area contributed by atoms with Gasteiger partial charge >= 0.3 is 11.9 Å². The lowest BCUT2D eigenvalue weighted by atomic mass is 9.83. The van der Waals surface area contributed by atoms with Gasteiger partial charge in [-0.1, -0.05) is 22.0 Å². The predicted molar refractivity (Wildman–Crippen MR) is 190 cm³/mol. The number of allylic oxidation sites excluding steroid dienone is 1. The van der Waals surface area contributed by atoms with Gasteiger partial charge in [0, 0.05) is 38.9 Å². The van der Waals surface area contributed by atoms with Gasteiger partial charge < -0.3 is 29.6 Å². The van der Waals surface area contributed by atoms with Crippen molar-refractivity contribution in [3.05, 3.63) is 75.0 Å². The highest BCUT2D eigenvalue weighted by Crippen LogP contribution is 2.38. The summed E-state index contributed by atoms with van der Waals surface area (Å²) in [6.45, 7) is 7.91. The smallest absolute Gasteiger partial charge is 0.340 e. The van der Waals surface area contributed by atoms with Gasteiger partial charge in [0.15, 0.2) is 0 Å². The molecule has 2 atom stereocenters. The van der Waals surface area contributed by atoms with Gasteiger partial charge in [0.1, 0.15) is 11.6 Å². The quantitative estimate of drug-likeness (QED) is 0.158. The Hall–Kier alpha value is -3.28. The van der Waals surface area contributed by atoms with Crippen LogP contribution in [-0.2, 0) is 14.3 Å². The molecule has 0 bridgehead atoms. The summed E-state index contributed by atoms with van der Waals surface area (Å²) in [5.41, 5.74) is 3.71. The van der Waals surface area contributed by atoms with Crippen LogP contribution >= 0.6 is 15.9 Å². The molecule has 8 nitrogen and oxygen atoms in total. The molecule has 3 aromatic rings. The third-order valence-electron chi connectivity index (χ3n) is 10.3. The van der Waals surface area contributed by atoms with Crippen LogP contribution in [0.5, 0.6) is 0 Å². The van der Waals surface area contributed by atoms with Gasteiger partial charge in [0.2, 0.25) is 0 Å². The van der Waals surface area contributed by atoms with Gasteiger partial charge in [0.25, 0.3) is 0 Å². The Balaban J connectivity index is 0.000000221. The number of nitrogens with zero attached hydrogens (tertiary/aromatic N) is 1. The minimum Gasteiger partial charge on any atom is -0.465 e. The molecule has 5 rings (SSSR count). The number of esters is 2. The highest BCUT2D eigenvalue weighted by atomic mass is 79.9. The van der Waals surface area contributed by atoms with Gasteiger partial charge in [-0.2, -0.15) is 0 Å². The number of aliphatic hydroxyl groups excluding tert-OH is 2. The average Bonchev–Trinajstić information content (AvgIpc) is 3.36. The molecule has 0 saturated heterocycles. The van der Waals surface area contributed by atoms with Crippen LogP contribution in [0.3, 0.4) is 0 Å². The lowest BCUT2D eigenvalue weighted by Gasteiger charge is -2.32. The number of nitrogens with one attached hydrogen (secondary N) is 1. The Bertz CT molecular complexity index is 1660. The van der Waals surface area contributed by atoms with Gasteiger partial charge in [0.05, 0.1) is 43.1 Å². The first-order chi connectivity index (χ1) is 23.3. The van der Waals surface area contributed by atoms with E-state index in [0.717, 1.165) is 68.0 Å². The highest BCUT2D eigenvalue weighted by molar-refractivity contribution is 9.10. The number of hydrogen-bond donors (Lipinski definition) is 3. The molecule has 11 heteroatoms. The van der Waals surface area contributed by atoms with E-state index < -0.39 is 11.9 Å². The summed E-state index contributed by atoms with van der Waals surface area (Å²) in [6, 6.07) is 9.02. The predicted octanol–water partition coefficient (Wildman–Crippen LogP) is 8.01. The van der Waals surface area contributed by atoms with Crippen LogP contribution in [0.1, 0.15) is 99.8 Å². The van der Waals surface area contributed by atoms with Crippen molar-refractivity contribution in [2.45, 2.75) is 103 Å². The van der Waals surface area contributed by atoms with Crippen molar-refractivity contribution in [1.29, 1.82) is 0 Å². The van der Waals surface area contributed by atoms with E-state index in [1.165, 1.54) is 38.5 Å². The lowest BCUT2D eigenvalue weighted by Crippen LogP contribution is -2.36. The van der Waals surface area contributed by atoms with E-state index in [4.69, 9.17) is 9.47 Å². The van der Waals surface area contributed by atoms with E-state index in [2.05, 4.69) is 39.7 Å². The van der Waals surface area contributed by atoms with Crippen LogP contribution in [0.4, 0.5) is 8.78 Å². The van der Waals surface area contributed by atoms with E-state index in [-0.39, 0.29) is 35.9 Å². The molecule has 0 spiro atoms. The van der Waals surface area contributed by atoms with Gasteiger partial charge in [-0.05, 0) is 121 Å². The number of benzene rings is 2. The van der Waals surface area contributed by atoms with Crippen molar-refractivity contribution in [3.63, 3.8) is 0 Å². The number of methoxy groups -OCH3 is 2. The van der Waals surface area contributed by atoms with Crippen molar-refractivity contribution in [2.75, 3.05) is 14.2 Å². The maximum Gasteiger partial charge on any atom is 0.340 e. The fourth-order valence-electron chi connectivity index (χ4n) is 7.48. The summed E-state index contributed by atoms with van der Waals surface area (Å²) in [5.74, 6) is -0.716. The molecule has 0 radical (unpaired) electrons. The topological polar surface area (TPSA) is 110 Å². The molecule has 2 saturated carbocycles. The number of aromatic nitrogens is 1. The Labute approximate surface area is 296 Å². The summed E-state index contributed by atoms with van der Waals surface area (Å²) in [6.07, 6.45) is 6.60. The molecule has 2 fully saturated rings. The minimum absolute atomic E-state index is 0.125. The lowest BCUT2D eigenvalue weighted by molar-refractivity contribution is -0.133. The van der Waals surface area contributed by atoms with Gasteiger partial charge in [-0.15, -0.1) is 0 Å². The molecule has 2 aliphatic carbocycles. The highest BCUT2D eigenvalue weighted by Gasteiger charge is 2.30. The Morgan fingerprint density at radius 2 is 1.43 bits per heavy atom. The molecule has 1 heterocycles. The normalized spacial score (nSPS) is 22.7. The largest absolute Gasteiger partial charge is 0.465 e. The van der Waals surface area contributed by atoms with Gasteiger partial charge in [-0.25, -0.2) is 18.4 Å². The van der Waals surface area contributed by atoms with Crippen LogP contribution in [0.2, 0.25) is 0 Å². The second-order valence-corrected chi connectivity index (χ2v) is 14.3. The summed E-state index contributed by atoms with van der Waals surface area (Å²) in [5, 5.41) is 23.5. The van der Waals surface area contributed by atoms with Crippen molar-refractivity contribution in [3.8, 4) is 0 Å². The van der Waals surface area contributed by atoms with Gasteiger partial charge in [-0.3, -0.25) is 0 Å². The zero-order valence-corrected chi connectivity index (χ0v) is 30.8. The summed E-state index contributed by atoms with van der Waals surface area (Å²) >= 11 is 3.33. The maximum absolute atomic E-state index is 13.8. The second-order valence-electron chi connectivity index (χ2n) is 13.4. The third-order valence-corrected chi connectivity index (χ3v) is 10.9. The van der Waals surface area contributed by atoms with E-state index in [0.29, 0.717) is 38.7 Å². The zero-order chi connectivity index (χ0) is 36.0. The molecule has 2 aliphatic rings. The zero-order valence-electron chi connectivity index (χ0n) is 29.2. The first-order valence-electron chi connectivity index (χ1n) is 17.0. The van der Waals surface area contributed by atoms with Crippen LogP contribution in [0, 0.1) is 30.4 Å². The second kappa shape index (κ2) is 17.1.